The van der Waals surface area contributed by atoms with Crippen LogP contribution in [0, 0.1) is 30.7 Å². The van der Waals surface area contributed by atoms with Gasteiger partial charge >= 0.3 is 0 Å². The Kier molecular flexibility index (Phi) is 7.00. The van der Waals surface area contributed by atoms with Crippen molar-refractivity contribution in [3.8, 4) is 18.5 Å². The van der Waals surface area contributed by atoms with Crippen LogP contribution in [0.4, 0.5) is 0 Å². The predicted octanol–water partition coefficient (Wildman–Crippen LogP) is 0.601. The van der Waals surface area contributed by atoms with Crippen LogP contribution in [0.3, 0.4) is 0 Å². The van der Waals surface area contributed by atoms with Crippen LogP contribution in [0.25, 0.3) is 0 Å². The van der Waals surface area contributed by atoms with Gasteiger partial charge in [-0.3, -0.25) is 10.3 Å². The Hall–Kier alpha value is -2.12. The molecular formula is C12H16N6S. The summed E-state index contributed by atoms with van der Waals surface area (Å²) in [5.74, 6) is 4.57. The summed E-state index contributed by atoms with van der Waals surface area (Å²) in [6, 6.07) is 0. The van der Waals surface area contributed by atoms with Crippen molar-refractivity contribution in [2.45, 2.75) is 12.7 Å². The highest BCUT2D eigenvalue weighted by atomic mass is 32.2. The number of hydrogen-bond acceptors (Lipinski definition) is 4. The average Bonchev–Trinajstić information content (AvgIpc) is 2.81. The van der Waals surface area contributed by atoms with Crippen LogP contribution in [0.2, 0.25) is 0 Å². The summed E-state index contributed by atoms with van der Waals surface area (Å²) >= 11 is 1.75. The second-order valence-electron chi connectivity index (χ2n) is 3.54. The van der Waals surface area contributed by atoms with Gasteiger partial charge in [0.15, 0.2) is 6.19 Å². The zero-order valence-electron chi connectivity index (χ0n) is 10.7. The molecule has 19 heavy (non-hydrogen) atoms. The lowest BCUT2D eigenvalue weighted by molar-refractivity contribution is 0.967. The molecule has 0 atom stereocenters. The van der Waals surface area contributed by atoms with Gasteiger partial charge in [0, 0.05) is 17.2 Å². The van der Waals surface area contributed by atoms with Crippen LogP contribution in [-0.4, -0.2) is 34.8 Å². The van der Waals surface area contributed by atoms with E-state index in [-0.39, 0.29) is 0 Å². The number of H-pyrrole nitrogens is 1. The summed E-state index contributed by atoms with van der Waals surface area (Å²) in [6.07, 6.45) is 8.64. The summed E-state index contributed by atoms with van der Waals surface area (Å²) in [5, 5.41) is 13.8. The van der Waals surface area contributed by atoms with Crippen LogP contribution in [0.5, 0.6) is 0 Å². The van der Waals surface area contributed by atoms with Gasteiger partial charge in [0.2, 0.25) is 5.96 Å². The minimum atomic E-state index is 0.341. The topological polar surface area (TPSA) is 88.9 Å². The third-order valence-corrected chi connectivity index (χ3v) is 3.18. The molecule has 0 spiro atoms. The van der Waals surface area contributed by atoms with Crippen molar-refractivity contribution < 1.29 is 0 Å². The van der Waals surface area contributed by atoms with E-state index >= 15 is 0 Å². The molecule has 0 radical (unpaired) electrons. The monoisotopic (exact) mass is 276 g/mol. The molecular weight excluding hydrogens is 260 g/mol. The van der Waals surface area contributed by atoms with E-state index < -0.39 is 0 Å². The maximum absolute atomic E-state index is 8.54. The van der Waals surface area contributed by atoms with Crippen molar-refractivity contribution in [2.24, 2.45) is 4.99 Å². The standard InChI is InChI=1S/C12H16N6S/c1-3-4-14-12(16-8-13)15-5-6-19-7-11-10(2)17-9-18-11/h1,9H,4-7H2,2H3,(H,17,18)(H2,14,15,16). The van der Waals surface area contributed by atoms with Crippen molar-refractivity contribution >= 4 is 17.7 Å². The van der Waals surface area contributed by atoms with Gasteiger partial charge in [-0.25, -0.2) is 4.98 Å². The number of thioether (sulfide) groups is 1. The smallest absolute Gasteiger partial charge is 0.205 e. The van der Waals surface area contributed by atoms with Gasteiger partial charge in [-0.05, 0) is 6.92 Å². The molecule has 0 amide bonds. The molecule has 0 bridgehead atoms. The molecule has 7 heteroatoms. The number of aromatic amines is 1. The molecule has 1 aromatic rings. The average molecular weight is 276 g/mol. The highest BCUT2D eigenvalue weighted by Gasteiger charge is 2.00. The number of nitrogens with zero attached hydrogens (tertiary/aromatic N) is 3. The molecule has 0 unspecified atom stereocenters. The van der Waals surface area contributed by atoms with Gasteiger partial charge in [-0.2, -0.15) is 17.0 Å². The van der Waals surface area contributed by atoms with E-state index in [2.05, 4.69) is 31.5 Å². The van der Waals surface area contributed by atoms with Crippen molar-refractivity contribution in [3.05, 3.63) is 17.7 Å². The summed E-state index contributed by atoms with van der Waals surface area (Å²) in [6.45, 7) is 2.93. The lowest BCUT2D eigenvalue weighted by atomic mass is 10.4. The number of aromatic nitrogens is 2. The second-order valence-corrected chi connectivity index (χ2v) is 4.65. The van der Waals surface area contributed by atoms with Crippen LogP contribution >= 0.6 is 11.8 Å². The van der Waals surface area contributed by atoms with Gasteiger partial charge in [0.25, 0.3) is 0 Å². The van der Waals surface area contributed by atoms with Gasteiger partial charge < -0.3 is 10.3 Å². The number of terminal acetylenes is 1. The fourth-order valence-corrected chi connectivity index (χ4v) is 2.12. The van der Waals surface area contributed by atoms with E-state index in [1.165, 1.54) is 0 Å². The molecule has 0 aromatic carbocycles. The molecule has 0 aliphatic carbocycles. The molecule has 0 saturated heterocycles. The maximum Gasteiger partial charge on any atom is 0.205 e. The number of guanidine groups is 1. The minimum Gasteiger partial charge on any atom is -0.348 e. The van der Waals surface area contributed by atoms with Crippen LogP contribution < -0.4 is 10.6 Å². The zero-order chi connectivity index (χ0) is 13.9. The van der Waals surface area contributed by atoms with Crippen molar-refractivity contribution in [2.75, 3.05) is 18.8 Å². The van der Waals surface area contributed by atoms with Gasteiger partial charge in [0.1, 0.15) is 0 Å². The lowest BCUT2D eigenvalue weighted by Crippen LogP contribution is -2.34. The number of imidazole rings is 1. The Labute approximate surface area is 117 Å². The Morgan fingerprint density at radius 2 is 2.53 bits per heavy atom. The highest BCUT2D eigenvalue weighted by Crippen LogP contribution is 2.11. The summed E-state index contributed by atoms with van der Waals surface area (Å²) in [5.41, 5.74) is 2.16. The van der Waals surface area contributed by atoms with Crippen LogP contribution in [0.15, 0.2) is 11.3 Å². The van der Waals surface area contributed by atoms with Gasteiger partial charge in [-0.15, -0.1) is 6.42 Å². The van der Waals surface area contributed by atoms with Crippen molar-refractivity contribution in [1.82, 2.24) is 20.6 Å². The first-order valence-electron chi connectivity index (χ1n) is 5.71. The van der Waals surface area contributed by atoms with E-state index in [0.29, 0.717) is 19.0 Å². The van der Waals surface area contributed by atoms with Gasteiger partial charge in [-0.1, -0.05) is 5.92 Å². The second kappa shape index (κ2) is 8.90. The number of aryl methyl sites for hydroxylation is 1. The first-order chi connectivity index (χ1) is 9.27. The van der Waals surface area contributed by atoms with E-state index in [9.17, 15) is 0 Å². The fourth-order valence-electron chi connectivity index (χ4n) is 1.26. The van der Waals surface area contributed by atoms with E-state index in [4.69, 9.17) is 11.7 Å². The molecule has 0 saturated carbocycles. The molecule has 1 rings (SSSR count). The lowest BCUT2D eigenvalue weighted by Gasteiger charge is -2.04. The van der Waals surface area contributed by atoms with Gasteiger partial charge in [0.05, 0.1) is 25.1 Å². The number of hydrogen-bond donors (Lipinski definition) is 3. The Bertz CT molecular complexity index is 493. The Balaban J connectivity index is 2.25. The quantitative estimate of drug-likeness (QED) is 0.177. The molecule has 1 heterocycles. The summed E-state index contributed by atoms with van der Waals surface area (Å²) in [7, 11) is 0. The highest BCUT2D eigenvalue weighted by molar-refractivity contribution is 7.98. The number of rotatable bonds is 6. The Morgan fingerprint density at radius 3 is 3.16 bits per heavy atom. The summed E-state index contributed by atoms with van der Waals surface area (Å²) in [4.78, 5) is 11.4. The molecule has 100 valence electrons. The molecule has 0 aliphatic rings. The predicted molar refractivity (Wildman–Crippen MR) is 77.4 cm³/mol. The molecule has 0 fully saturated rings. The Morgan fingerprint density at radius 1 is 1.68 bits per heavy atom. The van der Waals surface area contributed by atoms with Crippen LogP contribution in [0.1, 0.15) is 11.4 Å². The number of nitriles is 1. The SMILES string of the molecule is C#CCNC(=NCCSCc1[nH]cnc1C)NC#N. The first kappa shape index (κ1) is 14.9. The molecule has 1 aromatic heterocycles. The van der Waals surface area contributed by atoms with E-state index in [0.717, 1.165) is 22.9 Å². The molecule has 0 aliphatic heterocycles. The maximum atomic E-state index is 8.54. The largest absolute Gasteiger partial charge is 0.348 e. The third-order valence-electron chi connectivity index (χ3n) is 2.22. The zero-order valence-corrected chi connectivity index (χ0v) is 11.5. The van der Waals surface area contributed by atoms with E-state index in [1.807, 2.05) is 13.1 Å². The number of nitrogens with one attached hydrogen (secondary N) is 3. The normalized spacial score (nSPS) is 10.6. The minimum absolute atomic E-state index is 0.341. The first-order valence-corrected chi connectivity index (χ1v) is 6.87. The third kappa shape index (κ3) is 5.84. The van der Waals surface area contributed by atoms with E-state index in [1.54, 1.807) is 18.1 Å². The molecule has 6 nitrogen and oxygen atoms in total. The van der Waals surface area contributed by atoms with Crippen molar-refractivity contribution in [1.29, 1.82) is 5.26 Å². The molecule has 3 N–H and O–H groups in total. The number of aliphatic imine (C=N–C) groups is 1. The van der Waals surface area contributed by atoms with Crippen molar-refractivity contribution in [3.63, 3.8) is 0 Å². The van der Waals surface area contributed by atoms with Crippen LogP contribution in [-0.2, 0) is 5.75 Å². The summed E-state index contributed by atoms with van der Waals surface area (Å²) < 4.78 is 0. The fraction of sp³-hybridized carbons (Fsp3) is 0.417.